The molecule has 7 heteroatoms. The van der Waals surface area contributed by atoms with Crippen LogP contribution in [0.4, 0.5) is 0 Å². The highest BCUT2D eigenvalue weighted by Gasteiger charge is 2.30. The van der Waals surface area contributed by atoms with Gasteiger partial charge < -0.3 is 0 Å². The van der Waals surface area contributed by atoms with Gasteiger partial charge in [-0.3, -0.25) is 10.1 Å². The van der Waals surface area contributed by atoms with Crippen LogP contribution in [0.25, 0.3) is 10.2 Å². The largest absolute Gasteiger partial charge is 0.264 e. The van der Waals surface area contributed by atoms with Crippen LogP contribution in [-0.2, 0) is 12.8 Å². The molecule has 2 aromatic heterocycles. The number of aromatic nitrogens is 2. The molecule has 1 aliphatic carbocycles. The lowest BCUT2D eigenvalue weighted by atomic mass is 9.94. The van der Waals surface area contributed by atoms with Gasteiger partial charge in [0, 0.05) is 22.6 Å². The predicted molar refractivity (Wildman–Crippen MR) is 65.2 cm³/mol. The van der Waals surface area contributed by atoms with E-state index in [1.54, 1.807) is 0 Å². The molecule has 0 bridgehead atoms. The first-order valence-electron chi connectivity index (χ1n) is 5.21. The van der Waals surface area contributed by atoms with Crippen molar-refractivity contribution in [1.29, 1.82) is 0 Å². The maximum atomic E-state index is 10.8. The topological polar surface area (TPSA) is 68.9 Å². The third-order valence-corrected chi connectivity index (χ3v) is 4.52. The van der Waals surface area contributed by atoms with E-state index in [0.717, 1.165) is 20.7 Å². The van der Waals surface area contributed by atoms with Gasteiger partial charge in [0.2, 0.25) is 6.04 Å². The van der Waals surface area contributed by atoms with Gasteiger partial charge in [-0.25, -0.2) is 9.97 Å². The van der Waals surface area contributed by atoms with Gasteiger partial charge in [0.05, 0.1) is 5.39 Å². The van der Waals surface area contributed by atoms with Gasteiger partial charge >= 0.3 is 0 Å². The van der Waals surface area contributed by atoms with Crippen molar-refractivity contribution in [3.05, 3.63) is 32.0 Å². The van der Waals surface area contributed by atoms with Crippen molar-refractivity contribution in [2.45, 2.75) is 25.3 Å². The zero-order valence-corrected chi connectivity index (χ0v) is 10.3. The molecule has 17 heavy (non-hydrogen) atoms. The highest BCUT2D eigenvalue weighted by atomic mass is 35.5. The molecule has 0 aromatic carbocycles. The summed E-state index contributed by atoms with van der Waals surface area (Å²) in [5.74, 6) is 0. The molecule has 3 rings (SSSR count). The fourth-order valence-corrected chi connectivity index (χ4v) is 3.80. The van der Waals surface area contributed by atoms with E-state index in [1.807, 2.05) is 0 Å². The summed E-state index contributed by atoms with van der Waals surface area (Å²) in [5.41, 5.74) is 1.11. The number of nitrogens with zero attached hydrogens (tertiary/aromatic N) is 3. The number of hydrogen-bond donors (Lipinski definition) is 0. The molecule has 5 nitrogen and oxygen atoms in total. The van der Waals surface area contributed by atoms with Crippen LogP contribution in [0.1, 0.15) is 16.9 Å². The molecule has 1 atom stereocenters. The summed E-state index contributed by atoms with van der Waals surface area (Å²) in [6, 6.07) is -0.470. The zero-order valence-electron chi connectivity index (χ0n) is 8.72. The molecule has 0 amide bonds. The molecule has 2 aromatic rings. The quantitative estimate of drug-likeness (QED) is 0.453. The van der Waals surface area contributed by atoms with Crippen LogP contribution >= 0.6 is 22.9 Å². The molecule has 0 radical (unpaired) electrons. The van der Waals surface area contributed by atoms with E-state index in [1.165, 1.54) is 17.7 Å². The number of aryl methyl sites for hydroxylation is 1. The van der Waals surface area contributed by atoms with Gasteiger partial charge in [-0.15, -0.1) is 11.3 Å². The number of hydrogen-bond acceptors (Lipinski definition) is 5. The number of thiophene rings is 1. The average molecular weight is 270 g/mol. The van der Waals surface area contributed by atoms with Gasteiger partial charge in [-0.1, -0.05) is 11.6 Å². The maximum absolute atomic E-state index is 10.8. The summed E-state index contributed by atoms with van der Waals surface area (Å²) in [6.07, 6.45) is 3.17. The predicted octanol–water partition coefficient (Wildman–Crippen LogP) is 2.48. The molecule has 0 spiro atoms. The molecular weight excluding hydrogens is 262 g/mol. The van der Waals surface area contributed by atoms with Crippen LogP contribution in [0, 0.1) is 10.1 Å². The molecule has 0 N–H and O–H groups in total. The molecule has 1 aliphatic rings. The van der Waals surface area contributed by atoms with Crippen molar-refractivity contribution >= 4 is 33.2 Å². The fraction of sp³-hybridized carbons (Fsp3) is 0.400. The monoisotopic (exact) mass is 269 g/mol. The Balaban J connectivity index is 2.14. The van der Waals surface area contributed by atoms with Crippen molar-refractivity contribution in [2.24, 2.45) is 0 Å². The Bertz CT molecular complexity index is 613. The second-order valence-electron chi connectivity index (χ2n) is 4.03. The second-order valence-corrected chi connectivity index (χ2v) is 5.47. The van der Waals surface area contributed by atoms with Crippen molar-refractivity contribution in [1.82, 2.24) is 9.97 Å². The zero-order chi connectivity index (χ0) is 12.0. The Morgan fingerprint density at radius 2 is 2.35 bits per heavy atom. The molecule has 0 saturated heterocycles. The van der Waals surface area contributed by atoms with Gasteiger partial charge in [0.1, 0.15) is 16.3 Å². The third-order valence-electron chi connectivity index (χ3n) is 3.07. The van der Waals surface area contributed by atoms with E-state index in [2.05, 4.69) is 9.97 Å². The van der Waals surface area contributed by atoms with Crippen molar-refractivity contribution in [2.75, 3.05) is 0 Å². The molecule has 88 valence electrons. The number of rotatable bonds is 1. The van der Waals surface area contributed by atoms with Crippen LogP contribution in [0.3, 0.4) is 0 Å². The standard InChI is InChI=1S/C10H8ClN3O2S/c11-9-8-6-2-1-5(14(15)16)3-7(6)17-10(8)13-4-12-9/h4-5H,1-3H2. The lowest BCUT2D eigenvalue weighted by molar-refractivity contribution is -0.523. The molecule has 1 unspecified atom stereocenters. The van der Waals surface area contributed by atoms with Gasteiger partial charge in [-0.05, 0) is 12.0 Å². The Labute approximate surface area is 106 Å². The minimum absolute atomic E-state index is 0.194. The SMILES string of the molecule is O=[N+]([O-])C1CCc2c(sc3ncnc(Cl)c23)C1. The minimum Gasteiger partial charge on any atom is -0.264 e. The minimum atomic E-state index is -0.470. The fourth-order valence-electron chi connectivity index (χ4n) is 2.23. The summed E-state index contributed by atoms with van der Waals surface area (Å²) in [5, 5.41) is 12.1. The van der Waals surface area contributed by atoms with E-state index >= 15 is 0 Å². The highest BCUT2D eigenvalue weighted by Crippen LogP contribution is 2.38. The van der Waals surface area contributed by atoms with E-state index in [9.17, 15) is 10.1 Å². The Morgan fingerprint density at radius 3 is 3.12 bits per heavy atom. The summed E-state index contributed by atoms with van der Waals surface area (Å²) in [6.45, 7) is 0. The number of nitro groups is 1. The maximum Gasteiger partial charge on any atom is 0.218 e. The second kappa shape index (κ2) is 3.89. The van der Waals surface area contributed by atoms with E-state index in [-0.39, 0.29) is 4.92 Å². The highest BCUT2D eigenvalue weighted by molar-refractivity contribution is 7.19. The summed E-state index contributed by atoms with van der Waals surface area (Å²) in [4.78, 5) is 20.6. The van der Waals surface area contributed by atoms with Crippen LogP contribution in [0.2, 0.25) is 5.15 Å². The Hall–Kier alpha value is -1.27. The van der Waals surface area contributed by atoms with Gasteiger partial charge in [0.25, 0.3) is 0 Å². The third kappa shape index (κ3) is 1.68. The molecular formula is C10H8ClN3O2S. The normalized spacial score (nSPS) is 19.2. The smallest absolute Gasteiger partial charge is 0.218 e. The molecule has 0 saturated carbocycles. The summed E-state index contributed by atoms with van der Waals surface area (Å²) < 4.78 is 0. The Morgan fingerprint density at radius 1 is 1.53 bits per heavy atom. The van der Waals surface area contributed by atoms with E-state index in [0.29, 0.717) is 24.4 Å². The van der Waals surface area contributed by atoms with Crippen molar-refractivity contribution < 1.29 is 4.92 Å². The average Bonchev–Trinajstić information content (AvgIpc) is 2.67. The van der Waals surface area contributed by atoms with Crippen LogP contribution in [-0.4, -0.2) is 20.9 Å². The summed E-state index contributed by atoms with van der Waals surface area (Å²) in [7, 11) is 0. The molecule has 2 heterocycles. The number of fused-ring (bicyclic) bond motifs is 3. The van der Waals surface area contributed by atoms with Crippen molar-refractivity contribution in [3.63, 3.8) is 0 Å². The van der Waals surface area contributed by atoms with Crippen molar-refractivity contribution in [3.8, 4) is 0 Å². The lowest BCUT2D eigenvalue weighted by Crippen LogP contribution is -2.26. The number of halogens is 1. The Kier molecular flexibility index (Phi) is 2.48. The van der Waals surface area contributed by atoms with Crippen LogP contribution < -0.4 is 0 Å². The first kappa shape index (κ1) is 10.9. The molecule has 0 aliphatic heterocycles. The van der Waals surface area contributed by atoms with E-state index < -0.39 is 6.04 Å². The van der Waals surface area contributed by atoms with Crippen LogP contribution in [0.15, 0.2) is 6.33 Å². The first-order chi connectivity index (χ1) is 8.16. The first-order valence-corrected chi connectivity index (χ1v) is 6.40. The van der Waals surface area contributed by atoms with Crippen LogP contribution in [0.5, 0.6) is 0 Å². The van der Waals surface area contributed by atoms with Gasteiger partial charge in [-0.2, -0.15) is 0 Å². The summed E-state index contributed by atoms with van der Waals surface area (Å²) >= 11 is 7.55. The molecule has 0 fully saturated rings. The van der Waals surface area contributed by atoms with E-state index in [4.69, 9.17) is 11.6 Å². The lowest BCUT2D eigenvalue weighted by Gasteiger charge is -2.15. The van der Waals surface area contributed by atoms with Gasteiger partial charge in [0.15, 0.2) is 0 Å².